The first kappa shape index (κ1) is 11.8. The van der Waals surface area contributed by atoms with Crippen LogP contribution in [0.2, 0.25) is 0 Å². The van der Waals surface area contributed by atoms with Crippen LogP contribution in [0.4, 0.5) is 0 Å². The van der Waals surface area contributed by atoms with Crippen molar-refractivity contribution in [2.45, 2.75) is 37.6 Å². The van der Waals surface area contributed by atoms with Crippen LogP contribution in [0.1, 0.15) is 6.92 Å². The lowest BCUT2D eigenvalue weighted by molar-refractivity contribution is -0.264. The maximum absolute atomic E-state index is 9.50. The minimum atomic E-state index is -1.17. The van der Waals surface area contributed by atoms with Gasteiger partial charge in [-0.2, -0.15) is 0 Å². The van der Waals surface area contributed by atoms with Crippen LogP contribution in [0.3, 0.4) is 0 Å². The Morgan fingerprint density at radius 2 is 2.00 bits per heavy atom. The van der Waals surface area contributed by atoms with Gasteiger partial charge in [-0.25, -0.2) is 0 Å². The minimum Gasteiger partial charge on any atom is -0.394 e. The Balaban J connectivity index is 2.63. The first-order valence-electron chi connectivity index (χ1n) is 4.61. The summed E-state index contributed by atoms with van der Waals surface area (Å²) in [6.45, 7) is 1.77. The number of rotatable bonds is 3. The molecule has 14 heavy (non-hydrogen) atoms. The van der Waals surface area contributed by atoms with Gasteiger partial charge < -0.3 is 30.5 Å². The van der Waals surface area contributed by atoms with Gasteiger partial charge >= 0.3 is 0 Å². The molecule has 5 N–H and O–H groups in total. The van der Waals surface area contributed by atoms with E-state index >= 15 is 0 Å². The average molecular weight is 207 g/mol. The van der Waals surface area contributed by atoms with Crippen LogP contribution in [0, 0.1) is 0 Å². The van der Waals surface area contributed by atoms with Gasteiger partial charge in [0.1, 0.15) is 18.3 Å². The van der Waals surface area contributed by atoms with E-state index in [1.54, 1.807) is 6.92 Å². The second-order valence-corrected chi connectivity index (χ2v) is 3.24. The standard InChI is InChI=1S/C8H17NO5/c1-2-13-8-5(9)7(12)6(11)4(3-10)14-8/h4-8,10-12H,2-3,9H2,1H3/t4?,5-,6-,7?,8+/m0/s1. The maximum Gasteiger partial charge on any atom is 0.175 e. The van der Waals surface area contributed by atoms with E-state index < -0.39 is 30.6 Å². The number of aliphatic hydroxyl groups is 3. The molecule has 0 aromatic carbocycles. The molecule has 84 valence electrons. The molecule has 1 fully saturated rings. The molecule has 0 amide bonds. The first-order valence-corrected chi connectivity index (χ1v) is 4.61. The lowest BCUT2D eigenvalue weighted by Gasteiger charge is -2.40. The number of aliphatic hydroxyl groups excluding tert-OH is 3. The van der Waals surface area contributed by atoms with E-state index in [9.17, 15) is 10.2 Å². The fourth-order valence-corrected chi connectivity index (χ4v) is 1.42. The quantitative estimate of drug-likeness (QED) is 0.418. The van der Waals surface area contributed by atoms with Gasteiger partial charge in [0.25, 0.3) is 0 Å². The van der Waals surface area contributed by atoms with E-state index in [0.717, 1.165) is 0 Å². The van der Waals surface area contributed by atoms with Crippen LogP contribution < -0.4 is 5.73 Å². The summed E-state index contributed by atoms with van der Waals surface area (Å²) >= 11 is 0. The third-order valence-corrected chi connectivity index (χ3v) is 2.26. The summed E-state index contributed by atoms with van der Waals surface area (Å²) in [5.41, 5.74) is 5.57. The Kier molecular flexibility index (Phi) is 4.24. The Bertz CT molecular complexity index is 175. The number of nitrogens with two attached hydrogens (primary N) is 1. The highest BCUT2D eigenvalue weighted by Crippen LogP contribution is 2.20. The molecule has 0 aromatic rings. The van der Waals surface area contributed by atoms with Crippen molar-refractivity contribution in [1.29, 1.82) is 0 Å². The first-order chi connectivity index (χ1) is 6.61. The molecule has 6 heteroatoms. The van der Waals surface area contributed by atoms with Crippen LogP contribution in [-0.2, 0) is 9.47 Å². The Labute approximate surface area is 82.2 Å². The van der Waals surface area contributed by atoms with Crippen molar-refractivity contribution in [1.82, 2.24) is 0 Å². The van der Waals surface area contributed by atoms with Crippen LogP contribution in [-0.4, -0.2) is 59.2 Å². The van der Waals surface area contributed by atoms with Crippen LogP contribution in [0.25, 0.3) is 0 Å². The molecule has 1 aliphatic rings. The highest BCUT2D eigenvalue weighted by Gasteiger charge is 2.42. The molecule has 2 unspecified atom stereocenters. The van der Waals surface area contributed by atoms with E-state index in [4.69, 9.17) is 20.3 Å². The zero-order chi connectivity index (χ0) is 10.7. The van der Waals surface area contributed by atoms with Crippen molar-refractivity contribution in [2.75, 3.05) is 13.2 Å². The molecule has 1 aliphatic heterocycles. The monoisotopic (exact) mass is 207 g/mol. The van der Waals surface area contributed by atoms with E-state index in [-0.39, 0.29) is 6.61 Å². The molecule has 0 saturated carbocycles. The van der Waals surface area contributed by atoms with Crippen molar-refractivity contribution in [2.24, 2.45) is 5.73 Å². The van der Waals surface area contributed by atoms with Gasteiger partial charge in [-0.1, -0.05) is 0 Å². The predicted molar refractivity (Wildman–Crippen MR) is 47.4 cm³/mol. The SMILES string of the molecule is CCO[C@@H]1OC(CO)[C@H](O)C(O)[C@@H]1N. The zero-order valence-corrected chi connectivity index (χ0v) is 8.04. The number of hydrogen-bond donors (Lipinski definition) is 4. The van der Waals surface area contributed by atoms with E-state index in [2.05, 4.69) is 0 Å². The summed E-state index contributed by atoms with van der Waals surface area (Å²) in [6, 6.07) is -0.798. The van der Waals surface area contributed by atoms with Gasteiger partial charge in [0, 0.05) is 6.61 Å². The van der Waals surface area contributed by atoms with Crippen molar-refractivity contribution in [3.8, 4) is 0 Å². The fourth-order valence-electron chi connectivity index (χ4n) is 1.42. The lowest BCUT2D eigenvalue weighted by atomic mass is 9.98. The summed E-state index contributed by atoms with van der Waals surface area (Å²) in [4.78, 5) is 0. The molecule has 0 bridgehead atoms. The third-order valence-electron chi connectivity index (χ3n) is 2.26. The lowest BCUT2D eigenvalue weighted by Crippen LogP contribution is -2.62. The minimum absolute atomic E-state index is 0.380. The van der Waals surface area contributed by atoms with Crippen molar-refractivity contribution in [3.63, 3.8) is 0 Å². The zero-order valence-electron chi connectivity index (χ0n) is 8.04. The maximum atomic E-state index is 9.50. The molecule has 1 saturated heterocycles. The molecule has 0 radical (unpaired) electrons. The van der Waals surface area contributed by atoms with Crippen molar-refractivity contribution < 1.29 is 24.8 Å². The summed E-state index contributed by atoms with van der Waals surface area (Å²) in [7, 11) is 0. The third kappa shape index (κ3) is 2.22. The Morgan fingerprint density at radius 1 is 1.36 bits per heavy atom. The largest absolute Gasteiger partial charge is 0.394 e. The van der Waals surface area contributed by atoms with Gasteiger partial charge in [0.2, 0.25) is 0 Å². The number of ether oxygens (including phenoxy) is 2. The molecular formula is C8H17NO5. The summed E-state index contributed by atoms with van der Waals surface area (Å²) in [6.07, 6.45) is -3.94. The molecule has 1 heterocycles. The fraction of sp³-hybridized carbons (Fsp3) is 1.00. The molecule has 0 spiro atoms. The second kappa shape index (κ2) is 5.01. The molecule has 6 nitrogen and oxygen atoms in total. The van der Waals surface area contributed by atoms with Gasteiger partial charge in [-0.05, 0) is 6.92 Å². The van der Waals surface area contributed by atoms with Crippen molar-refractivity contribution >= 4 is 0 Å². The van der Waals surface area contributed by atoms with E-state index in [1.807, 2.05) is 0 Å². The highest BCUT2D eigenvalue weighted by molar-refractivity contribution is 4.91. The molecule has 1 rings (SSSR count). The van der Waals surface area contributed by atoms with Gasteiger partial charge in [-0.15, -0.1) is 0 Å². The normalized spacial score (nSPS) is 43.9. The average Bonchev–Trinajstić information content (AvgIpc) is 2.19. The summed E-state index contributed by atoms with van der Waals surface area (Å²) < 4.78 is 10.3. The molecular weight excluding hydrogens is 190 g/mol. The highest BCUT2D eigenvalue weighted by atomic mass is 16.7. The number of hydrogen-bond acceptors (Lipinski definition) is 6. The van der Waals surface area contributed by atoms with Gasteiger partial charge in [0.05, 0.1) is 12.6 Å². The van der Waals surface area contributed by atoms with E-state index in [0.29, 0.717) is 6.61 Å². The topological polar surface area (TPSA) is 105 Å². The second-order valence-electron chi connectivity index (χ2n) is 3.24. The summed E-state index contributed by atoms with van der Waals surface area (Å²) in [5.74, 6) is 0. The van der Waals surface area contributed by atoms with Crippen LogP contribution in [0.15, 0.2) is 0 Å². The van der Waals surface area contributed by atoms with Crippen LogP contribution >= 0.6 is 0 Å². The molecule has 0 aromatic heterocycles. The van der Waals surface area contributed by atoms with Gasteiger partial charge in [0.15, 0.2) is 6.29 Å². The predicted octanol–water partition coefficient (Wildman–Crippen LogP) is -2.21. The summed E-state index contributed by atoms with van der Waals surface area (Å²) in [5, 5.41) is 27.8. The Morgan fingerprint density at radius 3 is 2.50 bits per heavy atom. The van der Waals surface area contributed by atoms with E-state index in [1.165, 1.54) is 0 Å². The van der Waals surface area contributed by atoms with Gasteiger partial charge in [-0.3, -0.25) is 0 Å². The smallest absolute Gasteiger partial charge is 0.175 e. The molecule has 0 aliphatic carbocycles. The molecule has 5 atom stereocenters. The Hall–Kier alpha value is -0.240. The van der Waals surface area contributed by atoms with Crippen LogP contribution in [0.5, 0.6) is 0 Å². The van der Waals surface area contributed by atoms with Crippen molar-refractivity contribution in [3.05, 3.63) is 0 Å².